The van der Waals surface area contributed by atoms with E-state index < -0.39 is 0 Å². The molecule has 1 aromatic carbocycles. The van der Waals surface area contributed by atoms with Gasteiger partial charge in [0.1, 0.15) is 12.4 Å². The first-order chi connectivity index (χ1) is 32.2. The average molecular weight is 955 g/mol. The van der Waals surface area contributed by atoms with Crippen LogP contribution in [0.15, 0.2) is 24.3 Å². The standard InChI is InChI=1S/C48H90O18/c1-47(2,3)44-48(4,5)45-6-8-46(9-7-45)66-43-42-65-41-40-64-39-38-63-37-36-62-35-34-61-33-32-60-31-30-59-29-28-58-27-26-57-25-24-56-23-22-55-21-20-54-19-18-53-17-16-52-15-14-51-13-12-50-11-10-49/h6-9,49H,10-44H2,1-5H3. The third-order valence-corrected chi connectivity index (χ3v) is 8.92. The van der Waals surface area contributed by atoms with Gasteiger partial charge in [0.25, 0.3) is 0 Å². The van der Waals surface area contributed by atoms with Crippen LogP contribution in [0.1, 0.15) is 46.6 Å². The normalized spacial score (nSPS) is 12.2. The van der Waals surface area contributed by atoms with Gasteiger partial charge in [0.2, 0.25) is 0 Å². The summed E-state index contributed by atoms with van der Waals surface area (Å²) in [5, 5.41) is 8.60. The van der Waals surface area contributed by atoms with Gasteiger partial charge in [-0.2, -0.15) is 0 Å². The number of benzene rings is 1. The van der Waals surface area contributed by atoms with Crippen LogP contribution in [0.4, 0.5) is 0 Å². The van der Waals surface area contributed by atoms with Gasteiger partial charge in [-0.1, -0.05) is 46.8 Å². The minimum absolute atomic E-state index is 0.0208. The summed E-state index contributed by atoms with van der Waals surface area (Å²) in [5.41, 5.74) is 1.72. The van der Waals surface area contributed by atoms with Crippen molar-refractivity contribution < 1.29 is 85.6 Å². The van der Waals surface area contributed by atoms with Crippen LogP contribution < -0.4 is 4.74 Å². The van der Waals surface area contributed by atoms with E-state index in [-0.39, 0.29) is 17.4 Å². The molecule has 1 rings (SSSR count). The van der Waals surface area contributed by atoms with Gasteiger partial charge < -0.3 is 85.6 Å². The van der Waals surface area contributed by atoms with E-state index in [1.165, 1.54) is 5.56 Å². The van der Waals surface area contributed by atoms with Crippen LogP contribution in [0.5, 0.6) is 5.75 Å². The van der Waals surface area contributed by atoms with Crippen molar-refractivity contribution in [2.24, 2.45) is 5.41 Å². The Morgan fingerprint density at radius 3 is 0.682 bits per heavy atom. The van der Waals surface area contributed by atoms with Gasteiger partial charge in [0.05, 0.1) is 218 Å². The fourth-order valence-electron chi connectivity index (χ4n) is 6.11. The Labute approximate surface area is 396 Å². The van der Waals surface area contributed by atoms with Crippen molar-refractivity contribution in [3.8, 4) is 5.75 Å². The second kappa shape index (κ2) is 47.0. The minimum Gasteiger partial charge on any atom is -0.491 e. The molecule has 390 valence electrons. The molecule has 0 spiro atoms. The predicted molar refractivity (Wildman–Crippen MR) is 249 cm³/mol. The molecule has 0 aliphatic heterocycles. The largest absolute Gasteiger partial charge is 0.491 e. The van der Waals surface area contributed by atoms with E-state index >= 15 is 0 Å². The maximum Gasteiger partial charge on any atom is 0.119 e. The van der Waals surface area contributed by atoms with Crippen LogP contribution in [-0.4, -0.2) is 230 Å². The van der Waals surface area contributed by atoms with E-state index in [0.29, 0.717) is 218 Å². The number of hydrogen-bond donors (Lipinski definition) is 1. The van der Waals surface area contributed by atoms with Gasteiger partial charge in [0.15, 0.2) is 0 Å². The first-order valence-electron chi connectivity index (χ1n) is 23.8. The van der Waals surface area contributed by atoms with Crippen LogP contribution in [0.2, 0.25) is 0 Å². The molecule has 0 radical (unpaired) electrons. The number of aliphatic hydroxyl groups is 1. The Bertz CT molecular complexity index is 1110. The SMILES string of the molecule is CC(C)(C)CC(C)(C)c1ccc(OCCOCCOCCOCCOCCOCCOCCOCCOCCOCCOCCOCCOCCOCCOCCOCCOCCO)cc1. The van der Waals surface area contributed by atoms with Crippen molar-refractivity contribution in [1.82, 2.24) is 0 Å². The van der Waals surface area contributed by atoms with Crippen molar-refractivity contribution in [1.29, 1.82) is 0 Å². The molecule has 0 atom stereocenters. The lowest BCUT2D eigenvalue weighted by molar-refractivity contribution is -0.0306. The number of hydrogen-bond acceptors (Lipinski definition) is 18. The Balaban J connectivity index is 1.66. The zero-order valence-electron chi connectivity index (χ0n) is 41.4. The topological polar surface area (TPSA) is 177 Å². The molecule has 0 unspecified atom stereocenters. The maximum atomic E-state index is 8.60. The molecule has 0 aliphatic carbocycles. The predicted octanol–water partition coefficient (Wildman–Crippen LogP) is 4.04. The van der Waals surface area contributed by atoms with Crippen molar-refractivity contribution >= 4 is 0 Å². The van der Waals surface area contributed by atoms with E-state index in [0.717, 1.165) is 12.2 Å². The Morgan fingerprint density at radius 2 is 0.485 bits per heavy atom. The fraction of sp³-hybridized carbons (Fsp3) is 0.875. The number of rotatable bonds is 53. The molecule has 66 heavy (non-hydrogen) atoms. The molecule has 0 aliphatic rings. The summed E-state index contributed by atoms with van der Waals surface area (Å²) < 4.78 is 93.4. The summed E-state index contributed by atoms with van der Waals surface area (Å²) >= 11 is 0. The lowest BCUT2D eigenvalue weighted by atomic mass is 9.72. The summed E-state index contributed by atoms with van der Waals surface area (Å²) in [7, 11) is 0. The van der Waals surface area contributed by atoms with E-state index in [1.807, 2.05) is 12.1 Å². The van der Waals surface area contributed by atoms with Crippen LogP contribution in [0, 0.1) is 5.41 Å². The second-order valence-electron chi connectivity index (χ2n) is 16.5. The van der Waals surface area contributed by atoms with E-state index in [9.17, 15) is 0 Å². The van der Waals surface area contributed by atoms with Crippen LogP contribution in [-0.2, 0) is 81.2 Å². The lowest BCUT2D eigenvalue weighted by Gasteiger charge is -2.33. The van der Waals surface area contributed by atoms with Gasteiger partial charge in [-0.05, 0) is 34.9 Å². The van der Waals surface area contributed by atoms with Crippen molar-refractivity contribution in [3.63, 3.8) is 0 Å². The first kappa shape index (κ1) is 62.4. The van der Waals surface area contributed by atoms with Crippen LogP contribution in [0.25, 0.3) is 0 Å². The highest BCUT2D eigenvalue weighted by Gasteiger charge is 2.27. The third-order valence-electron chi connectivity index (χ3n) is 8.92. The monoisotopic (exact) mass is 955 g/mol. The highest BCUT2D eigenvalue weighted by Crippen LogP contribution is 2.36. The number of ether oxygens (including phenoxy) is 17. The Morgan fingerprint density at radius 1 is 0.288 bits per heavy atom. The van der Waals surface area contributed by atoms with Gasteiger partial charge in [-0.15, -0.1) is 0 Å². The van der Waals surface area contributed by atoms with E-state index in [1.54, 1.807) is 0 Å². The second-order valence-corrected chi connectivity index (χ2v) is 16.5. The molecule has 1 N–H and O–H groups in total. The molecule has 0 heterocycles. The van der Waals surface area contributed by atoms with Crippen molar-refractivity contribution in [2.45, 2.75) is 46.5 Å². The quantitative estimate of drug-likeness (QED) is 0.0926. The molecule has 0 bridgehead atoms. The highest BCUT2D eigenvalue weighted by atomic mass is 16.6. The molecular weight excluding hydrogens is 865 g/mol. The van der Waals surface area contributed by atoms with Gasteiger partial charge in [-0.25, -0.2) is 0 Å². The first-order valence-corrected chi connectivity index (χ1v) is 23.8. The maximum absolute atomic E-state index is 8.60. The summed E-state index contributed by atoms with van der Waals surface area (Å²) in [5.74, 6) is 0.856. The third kappa shape index (κ3) is 44.8. The smallest absolute Gasteiger partial charge is 0.119 e. The summed E-state index contributed by atoms with van der Waals surface area (Å²) in [6.45, 7) is 27.7. The summed E-state index contributed by atoms with van der Waals surface area (Å²) in [6.07, 6.45) is 1.11. The highest BCUT2D eigenvalue weighted by molar-refractivity contribution is 5.31. The van der Waals surface area contributed by atoms with Gasteiger partial charge in [-0.3, -0.25) is 0 Å². The van der Waals surface area contributed by atoms with Gasteiger partial charge in [0, 0.05) is 0 Å². The molecule has 1 aromatic rings. The van der Waals surface area contributed by atoms with Crippen LogP contribution >= 0.6 is 0 Å². The summed E-state index contributed by atoms with van der Waals surface area (Å²) in [6, 6.07) is 8.41. The van der Waals surface area contributed by atoms with Gasteiger partial charge >= 0.3 is 0 Å². The number of aliphatic hydroxyl groups excluding tert-OH is 1. The zero-order chi connectivity index (χ0) is 47.8. The van der Waals surface area contributed by atoms with Crippen molar-refractivity contribution in [3.05, 3.63) is 29.8 Å². The molecule has 0 fully saturated rings. The fourth-order valence-corrected chi connectivity index (χ4v) is 6.11. The minimum atomic E-state index is 0.0208. The average Bonchev–Trinajstić information content (AvgIpc) is 3.29. The molecule has 0 saturated heterocycles. The van der Waals surface area contributed by atoms with E-state index in [4.69, 9.17) is 85.6 Å². The molecule has 18 heteroatoms. The van der Waals surface area contributed by atoms with Crippen molar-refractivity contribution in [2.75, 3.05) is 225 Å². The van der Waals surface area contributed by atoms with Crippen LogP contribution in [0.3, 0.4) is 0 Å². The Kier molecular flexibility index (Phi) is 44.4. The molecule has 18 nitrogen and oxygen atoms in total. The summed E-state index contributed by atoms with van der Waals surface area (Å²) in [4.78, 5) is 0. The molecule has 0 saturated carbocycles. The van der Waals surface area contributed by atoms with E-state index in [2.05, 4.69) is 46.8 Å². The lowest BCUT2D eigenvalue weighted by Crippen LogP contribution is -2.24. The molecule has 0 aromatic heterocycles. The molecular formula is C48H90O18. The zero-order valence-corrected chi connectivity index (χ0v) is 41.4. The Hall–Kier alpha value is -1.66. The molecule has 0 amide bonds.